The Balaban J connectivity index is 1.49. The van der Waals surface area contributed by atoms with Gasteiger partial charge in [-0.1, -0.05) is 31.9 Å². The second-order valence-corrected chi connectivity index (χ2v) is 9.63. The number of aliphatic hydroxyl groups excluding tert-OH is 1. The van der Waals surface area contributed by atoms with E-state index in [1.807, 2.05) is 35.0 Å². The number of benzene rings is 2. The van der Waals surface area contributed by atoms with Crippen LogP contribution in [0.1, 0.15) is 49.8 Å². The van der Waals surface area contributed by atoms with E-state index in [0.29, 0.717) is 67.7 Å². The van der Waals surface area contributed by atoms with Gasteiger partial charge in [0.1, 0.15) is 24.7 Å². The summed E-state index contributed by atoms with van der Waals surface area (Å²) >= 11 is 0. The number of rotatable bonds is 11. The van der Waals surface area contributed by atoms with Gasteiger partial charge >= 0.3 is 0 Å². The maximum Gasteiger partial charge on any atom is 0.295 e. The van der Waals surface area contributed by atoms with Crippen molar-refractivity contribution in [2.75, 3.05) is 26.4 Å². The zero-order chi connectivity index (χ0) is 27.2. The number of unbranched alkanes of at least 4 members (excludes halogenated alkanes) is 2. The van der Waals surface area contributed by atoms with E-state index in [0.717, 1.165) is 19.3 Å². The minimum absolute atomic E-state index is 0.0439. The number of hydrogen-bond acceptors (Lipinski definition) is 7. The fourth-order valence-corrected chi connectivity index (χ4v) is 4.96. The lowest BCUT2D eigenvalue weighted by atomic mass is 9.95. The van der Waals surface area contributed by atoms with Crippen LogP contribution in [-0.4, -0.2) is 57.6 Å². The molecular formula is C30H33N3O6. The zero-order valence-corrected chi connectivity index (χ0v) is 22.0. The number of ether oxygens (including phenoxy) is 3. The smallest absolute Gasteiger partial charge is 0.295 e. The standard InChI is InChI=1S/C30H33N3O6/c1-2-3-4-15-37-23-8-5-7-21(18-23)27-26(28(34)22-9-10-24-25(19-22)39-17-16-38-24)29(35)30(36)33(27)13-6-12-32-14-11-31-20-32/h5,7-11,14,18-20,27,34H,2-4,6,12-13,15-17H2,1H3/b28-26+/t27-/m0/s1. The molecule has 1 N–H and O–H groups in total. The fourth-order valence-electron chi connectivity index (χ4n) is 4.96. The summed E-state index contributed by atoms with van der Waals surface area (Å²) in [5.74, 6) is 0.109. The summed E-state index contributed by atoms with van der Waals surface area (Å²) in [5, 5.41) is 11.4. The van der Waals surface area contributed by atoms with E-state index in [1.165, 1.54) is 0 Å². The first kappa shape index (κ1) is 26.3. The van der Waals surface area contributed by atoms with Crippen molar-refractivity contribution in [1.29, 1.82) is 0 Å². The minimum Gasteiger partial charge on any atom is -0.507 e. The van der Waals surface area contributed by atoms with Crippen molar-refractivity contribution in [3.8, 4) is 17.2 Å². The number of carbonyl (C=O) groups excluding carboxylic acids is 2. The number of aliphatic hydroxyl groups is 1. The first-order valence-corrected chi connectivity index (χ1v) is 13.4. The van der Waals surface area contributed by atoms with Gasteiger partial charge in [0.2, 0.25) is 0 Å². The lowest BCUT2D eigenvalue weighted by Gasteiger charge is -2.26. The molecule has 39 heavy (non-hydrogen) atoms. The monoisotopic (exact) mass is 531 g/mol. The molecule has 0 aliphatic carbocycles. The first-order valence-electron chi connectivity index (χ1n) is 13.4. The number of likely N-dealkylation sites (tertiary alicyclic amines) is 1. The molecule has 3 aromatic rings. The molecule has 9 heteroatoms. The summed E-state index contributed by atoms with van der Waals surface area (Å²) < 4.78 is 19.1. The molecule has 0 saturated carbocycles. The van der Waals surface area contributed by atoms with Gasteiger partial charge in [-0.3, -0.25) is 9.59 Å². The highest BCUT2D eigenvalue weighted by Crippen LogP contribution is 2.41. The van der Waals surface area contributed by atoms with E-state index < -0.39 is 17.7 Å². The molecule has 204 valence electrons. The third-order valence-corrected chi connectivity index (χ3v) is 6.92. The SMILES string of the molecule is CCCCCOc1cccc([C@H]2/C(=C(\O)c3ccc4c(c3)OCCO4)C(=O)C(=O)N2CCCn2ccnc2)c1. The van der Waals surface area contributed by atoms with Crippen LogP contribution in [0.25, 0.3) is 5.76 Å². The van der Waals surface area contributed by atoms with E-state index in [4.69, 9.17) is 14.2 Å². The number of hydrogen-bond donors (Lipinski definition) is 1. The molecule has 1 atom stereocenters. The molecule has 1 saturated heterocycles. The molecule has 1 fully saturated rings. The van der Waals surface area contributed by atoms with Crippen molar-refractivity contribution in [3.05, 3.63) is 77.9 Å². The molecule has 0 unspecified atom stereocenters. The van der Waals surface area contributed by atoms with Crippen LogP contribution in [0, 0.1) is 0 Å². The van der Waals surface area contributed by atoms with E-state index >= 15 is 0 Å². The highest BCUT2D eigenvalue weighted by atomic mass is 16.6. The molecular weight excluding hydrogens is 498 g/mol. The van der Waals surface area contributed by atoms with Gasteiger partial charge in [-0.05, 0) is 48.7 Å². The molecule has 1 amide bonds. The normalized spacial score (nSPS) is 18.0. The molecule has 0 bridgehead atoms. The third kappa shape index (κ3) is 5.77. The predicted molar refractivity (Wildman–Crippen MR) is 145 cm³/mol. The van der Waals surface area contributed by atoms with Crippen molar-refractivity contribution in [1.82, 2.24) is 14.5 Å². The summed E-state index contributed by atoms with van der Waals surface area (Å²) in [6.07, 6.45) is 8.99. The predicted octanol–water partition coefficient (Wildman–Crippen LogP) is 4.74. The Bertz CT molecular complexity index is 1350. The topological polar surface area (TPSA) is 103 Å². The van der Waals surface area contributed by atoms with Gasteiger partial charge in [-0.15, -0.1) is 0 Å². The van der Waals surface area contributed by atoms with Crippen LogP contribution in [0.3, 0.4) is 0 Å². The maximum absolute atomic E-state index is 13.4. The second-order valence-electron chi connectivity index (χ2n) is 9.63. The Morgan fingerprint density at radius 3 is 2.69 bits per heavy atom. The van der Waals surface area contributed by atoms with Crippen molar-refractivity contribution < 1.29 is 28.9 Å². The number of fused-ring (bicyclic) bond motifs is 1. The number of aryl methyl sites for hydroxylation is 1. The zero-order valence-electron chi connectivity index (χ0n) is 22.0. The molecule has 2 aromatic carbocycles. The number of imidazole rings is 1. The summed E-state index contributed by atoms with van der Waals surface area (Å²) in [6.45, 7) is 4.52. The van der Waals surface area contributed by atoms with Crippen LogP contribution < -0.4 is 14.2 Å². The molecule has 5 rings (SSSR count). The largest absolute Gasteiger partial charge is 0.507 e. The highest BCUT2D eigenvalue weighted by Gasteiger charge is 2.46. The molecule has 2 aliphatic rings. The maximum atomic E-state index is 13.4. The molecule has 1 aromatic heterocycles. The second kappa shape index (κ2) is 12.1. The Kier molecular flexibility index (Phi) is 8.15. The molecule has 0 radical (unpaired) electrons. The van der Waals surface area contributed by atoms with Crippen LogP contribution in [0.4, 0.5) is 0 Å². The minimum atomic E-state index is -0.764. The van der Waals surface area contributed by atoms with Crippen LogP contribution >= 0.6 is 0 Å². The molecule has 3 heterocycles. The van der Waals surface area contributed by atoms with E-state index in [-0.39, 0.29) is 11.3 Å². The number of Topliss-reactive ketones (excluding diaryl/α,β-unsaturated/α-hetero) is 1. The Hall–Kier alpha value is -4.27. The summed E-state index contributed by atoms with van der Waals surface area (Å²) in [6, 6.07) is 11.7. The highest BCUT2D eigenvalue weighted by molar-refractivity contribution is 6.46. The molecule has 0 spiro atoms. The van der Waals surface area contributed by atoms with Crippen LogP contribution in [0.15, 0.2) is 66.8 Å². The van der Waals surface area contributed by atoms with Crippen molar-refractivity contribution >= 4 is 17.4 Å². The van der Waals surface area contributed by atoms with Gasteiger partial charge in [0.05, 0.1) is 24.5 Å². The third-order valence-electron chi connectivity index (χ3n) is 6.92. The lowest BCUT2D eigenvalue weighted by Crippen LogP contribution is -2.31. The molecule has 2 aliphatic heterocycles. The number of amides is 1. The van der Waals surface area contributed by atoms with Gasteiger partial charge in [-0.2, -0.15) is 0 Å². The fraction of sp³-hybridized carbons (Fsp3) is 0.367. The van der Waals surface area contributed by atoms with Crippen LogP contribution in [0.5, 0.6) is 17.2 Å². The summed E-state index contributed by atoms with van der Waals surface area (Å²) in [4.78, 5) is 32.3. The van der Waals surface area contributed by atoms with Crippen LogP contribution in [-0.2, 0) is 16.1 Å². The average Bonchev–Trinajstić information content (AvgIpc) is 3.57. The van der Waals surface area contributed by atoms with E-state index in [2.05, 4.69) is 11.9 Å². The van der Waals surface area contributed by atoms with Gasteiger partial charge in [-0.25, -0.2) is 4.98 Å². The van der Waals surface area contributed by atoms with Gasteiger partial charge in [0.25, 0.3) is 11.7 Å². The number of carbonyl (C=O) groups is 2. The number of ketones is 1. The van der Waals surface area contributed by atoms with Gasteiger partial charge in [0, 0.05) is 31.0 Å². The summed E-state index contributed by atoms with van der Waals surface area (Å²) in [7, 11) is 0. The van der Waals surface area contributed by atoms with Gasteiger partial charge < -0.3 is 28.8 Å². The number of aromatic nitrogens is 2. The lowest BCUT2D eigenvalue weighted by molar-refractivity contribution is -0.139. The van der Waals surface area contributed by atoms with Crippen LogP contribution in [0.2, 0.25) is 0 Å². The Labute approximate surface area is 227 Å². The van der Waals surface area contributed by atoms with E-state index in [1.54, 1.807) is 35.6 Å². The van der Waals surface area contributed by atoms with Crippen molar-refractivity contribution in [3.63, 3.8) is 0 Å². The van der Waals surface area contributed by atoms with Crippen molar-refractivity contribution in [2.45, 2.75) is 45.2 Å². The molecule has 9 nitrogen and oxygen atoms in total. The van der Waals surface area contributed by atoms with E-state index in [9.17, 15) is 14.7 Å². The Morgan fingerprint density at radius 1 is 1.05 bits per heavy atom. The first-order chi connectivity index (χ1) is 19.1. The Morgan fingerprint density at radius 2 is 1.90 bits per heavy atom. The van der Waals surface area contributed by atoms with Gasteiger partial charge in [0.15, 0.2) is 11.5 Å². The number of nitrogens with zero attached hydrogens (tertiary/aromatic N) is 3. The van der Waals surface area contributed by atoms with Crippen molar-refractivity contribution in [2.24, 2.45) is 0 Å². The average molecular weight is 532 g/mol. The quantitative estimate of drug-likeness (QED) is 0.165. The summed E-state index contributed by atoms with van der Waals surface area (Å²) in [5.41, 5.74) is 1.12.